The van der Waals surface area contributed by atoms with Crippen LogP contribution in [0, 0.1) is 5.92 Å². The lowest BCUT2D eigenvalue weighted by atomic mass is 10.1. The van der Waals surface area contributed by atoms with E-state index in [1.165, 1.54) is 11.3 Å². The van der Waals surface area contributed by atoms with E-state index in [1.54, 1.807) is 7.11 Å². The fourth-order valence-corrected chi connectivity index (χ4v) is 4.67. The predicted octanol–water partition coefficient (Wildman–Crippen LogP) is 6.95. The molecule has 1 saturated carbocycles. The molecular formula is C34H43N5O2. The van der Waals surface area contributed by atoms with Gasteiger partial charge in [-0.1, -0.05) is 57.2 Å². The van der Waals surface area contributed by atoms with Gasteiger partial charge in [-0.15, -0.1) is 0 Å². The summed E-state index contributed by atoms with van der Waals surface area (Å²) >= 11 is 0. The van der Waals surface area contributed by atoms with Gasteiger partial charge >= 0.3 is 0 Å². The van der Waals surface area contributed by atoms with Crippen LogP contribution in [0.1, 0.15) is 44.9 Å². The second-order valence-corrected chi connectivity index (χ2v) is 9.99. The van der Waals surface area contributed by atoms with Gasteiger partial charge in [-0.25, -0.2) is 0 Å². The topological polar surface area (TPSA) is 73.5 Å². The highest BCUT2D eigenvalue weighted by Gasteiger charge is 2.29. The smallest absolute Gasteiger partial charge is 0.227 e. The van der Waals surface area contributed by atoms with Crippen molar-refractivity contribution in [1.29, 1.82) is 0 Å². The number of likely N-dealkylation sites (N-methyl/N-ethyl adjacent to an activating group) is 1. The zero-order chi connectivity index (χ0) is 29.0. The summed E-state index contributed by atoms with van der Waals surface area (Å²) in [5.41, 5.74) is 5.41. The summed E-state index contributed by atoms with van der Waals surface area (Å²) in [7, 11) is 1.62. The van der Waals surface area contributed by atoms with E-state index >= 15 is 0 Å². The number of amides is 1. The molecule has 216 valence electrons. The Kier molecular flexibility index (Phi) is 11.0. The Morgan fingerprint density at radius 3 is 2.27 bits per heavy atom. The summed E-state index contributed by atoms with van der Waals surface area (Å²) in [6, 6.07) is 24.4. The van der Waals surface area contributed by atoms with Gasteiger partial charge in [0.05, 0.1) is 18.3 Å². The molecule has 4 aromatic rings. The van der Waals surface area contributed by atoms with Crippen molar-refractivity contribution in [1.82, 2.24) is 15.1 Å². The van der Waals surface area contributed by atoms with Crippen LogP contribution in [0.15, 0.2) is 72.8 Å². The number of rotatable bonds is 7. The number of piperazine rings is 1. The number of aromatic amines is 1. The van der Waals surface area contributed by atoms with E-state index < -0.39 is 0 Å². The third-order valence-electron chi connectivity index (χ3n) is 7.32. The molecule has 7 heteroatoms. The molecule has 7 nitrogen and oxygen atoms in total. The molecular weight excluding hydrogens is 510 g/mol. The quantitative estimate of drug-likeness (QED) is 0.259. The van der Waals surface area contributed by atoms with Crippen molar-refractivity contribution in [3.63, 3.8) is 0 Å². The molecule has 2 heterocycles. The Bertz CT molecular complexity index is 1380. The highest BCUT2D eigenvalue weighted by atomic mass is 16.5. The molecule has 0 spiro atoms. The number of aromatic nitrogens is 2. The van der Waals surface area contributed by atoms with Crippen molar-refractivity contribution in [2.75, 3.05) is 50.1 Å². The van der Waals surface area contributed by atoms with Crippen LogP contribution >= 0.6 is 0 Å². The second kappa shape index (κ2) is 15.1. The SMILES string of the molecule is CC.CCN1CCN(c2ccc(/C=C/c3n[nH]c4ccccc34)cc2)CC1.COc1ccc(NC(=O)C2CC2)cc1. The molecule has 3 aromatic carbocycles. The zero-order valence-corrected chi connectivity index (χ0v) is 24.8. The fraction of sp³-hybridized carbons (Fsp3) is 0.353. The van der Waals surface area contributed by atoms with Gasteiger partial charge in [0.25, 0.3) is 0 Å². The van der Waals surface area contributed by atoms with Crippen LogP contribution in [-0.2, 0) is 4.79 Å². The number of ether oxygens (including phenoxy) is 1. The lowest BCUT2D eigenvalue weighted by Crippen LogP contribution is -2.46. The summed E-state index contributed by atoms with van der Waals surface area (Å²) in [6.07, 6.45) is 6.26. The predicted molar refractivity (Wildman–Crippen MR) is 171 cm³/mol. The Labute approximate surface area is 244 Å². The number of nitrogens with zero attached hydrogens (tertiary/aromatic N) is 3. The van der Waals surface area contributed by atoms with Gasteiger partial charge in [-0.2, -0.15) is 5.10 Å². The number of methoxy groups -OCH3 is 1. The van der Waals surface area contributed by atoms with Crippen LogP contribution in [0.2, 0.25) is 0 Å². The normalized spacial score (nSPS) is 15.1. The monoisotopic (exact) mass is 553 g/mol. The molecule has 1 saturated heterocycles. The van der Waals surface area contributed by atoms with Gasteiger partial charge in [0.2, 0.25) is 5.91 Å². The van der Waals surface area contributed by atoms with Crippen LogP contribution in [0.3, 0.4) is 0 Å². The molecule has 2 aliphatic rings. The largest absolute Gasteiger partial charge is 0.497 e. The molecule has 1 amide bonds. The number of nitrogens with one attached hydrogen (secondary N) is 2. The minimum absolute atomic E-state index is 0.134. The average molecular weight is 554 g/mol. The Morgan fingerprint density at radius 2 is 1.63 bits per heavy atom. The van der Waals surface area contributed by atoms with Crippen LogP contribution in [0.25, 0.3) is 23.1 Å². The minimum Gasteiger partial charge on any atom is -0.497 e. The molecule has 0 atom stereocenters. The molecule has 1 aliphatic carbocycles. The standard InChI is InChI=1S/C21H24N4.C11H13NO2.C2H6/c1-2-24-13-15-25(16-14-24)18-10-7-17(8-11-18)9-12-21-19-5-3-4-6-20(19)22-23-21;1-14-10-6-4-9(5-7-10)12-11(13)8-2-3-8;1-2/h3-12H,2,13-16H2,1H3,(H,22,23);4-8H,2-3H2,1H3,(H,12,13);1-2H3/b12-9+;;. The number of H-pyrrole nitrogens is 1. The number of fused-ring (bicyclic) bond motifs is 1. The maximum Gasteiger partial charge on any atom is 0.227 e. The Balaban J connectivity index is 0.000000205. The van der Waals surface area contributed by atoms with E-state index in [4.69, 9.17) is 4.74 Å². The minimum atomic E-state index is 0.134. The molecule has 41 heavy (non-hydrogen) atoms. The molecule has 1 aliphatic heterocycles. The van der Waals surface area contributed by atoms with Crippen LogP contribution in [-0.4, -0.2) is 60.8 Å². The van der Waals surface area contributed by atoms with E-state index in [1.807, 2.05) is 56.3 Å². The first kappa shape index (κ1) is 29.9. The van der Waals surface area contributed by atoms with E-state index in [9.17, 15) is 4.79 Å². The van der Waals surface area contributed by atoms with Crippen molar-refractivity contribution < 1.29 is 9.53 Å². The first-order valence-electron chi connectivity index (χ1n) is 14.8. The summed E-state index contributed by atoms with van der Waals surface area (Å²) in [6.45, 7) is 11.9. The van der Waals surface area contributed by atoms with Gasteiger partial charge < -0.3 is 19.9 Å². The van der Waals surface area contributed by atoms with Gasteiger partial charge in [-0.05, 0) is 73.5 Å². The number of hydrogen-bond donors (Lipinski definition) is 2. The first-order chi connectivity index (χ1) is 20.1. The Hall–Kier alpha value is -4.10. The third-order valence-corrected chi connectivity index (χ3v) is 7.32. The van der Waals surface area contributed by atoms with Crippen molar-refractivity contribution in [3.05, 3.63) is 84.1 Å². The second-order valence-electron chi connectivity index (χ2n) is 9.99. The first-order valence-corrected chi connectivity index (χ1v) is 14.8. The number of hydrogen-bond acceptors (Lipinski definition) is 5. The lowest BCUT2D eigenvalue weighted by molar-refractivity contribution is -0.117. The molecule has 2 fully saturated rings. The van der Waals surface area contributed by atoms with Crippen LogP contribution in [0.4, 0.5) is 11.4 Å². The maximum atomic E-state index is 11.4. The number of carbonyl (C=O) groups excluding carboxylic acids is 1. The van der Waals surface area contributed by atoms with Gasteiger partial charge in [0, 0.05) is 48.9 Å². The van der Waals surface area contributed by atoms with Gasteiger partial charge in [0.15, 0.2) is 0 Å². The van der Waals surface area contributed by atoms with Crippen molar-refractivity contribution in [2.24, 2.45) is 5.92 Å². The number of anilines is 2. The molecule has 1 aromatic heterocycles. The summed E-state index contributed by atoms with van der Waals surface area (Å²) in [5.74, 6) is 1.18. The highest BCUT2D eigenvalue weighted by molar-refractivity contribution is 5.94. The zero-order valence-electron chi connectivity index (χ0n) is 24.8. The van der Waals surface area contributed by atoms with E-state index in [0.29, 0.717) is 0 Å². The lowest BCUT2D eigenvalue weighted by Gasteiger charge is -2.35. The van der Waals surface area contributed by atoms with E-state index in [2.05, 4.69) is 74.7 Å². The van der Waals surface area contributed by atoms with Gasteiger partial charge in [0.1, 0.15) is 5.75 Å². The summed E-state index contributed by atoms with van der Waals surface area (Å²) in [5, 5.41) is 11.5. The fourth-order valence-electron chi connectivity index (χ4n) is 4.67. The van der Waals surface area contributed by atoms with Crippen molar-refractivity contribution in [2.45, 2.75) is 33.6 Å². The molecule has 0 radical (unpaired) electrons. The highest BCUT2D eigenvalue weighted by Crippen LogP contribution is 2.30. The number of benzene rings is 3. The number of para-hydroxylation sites is 1. The molecule has 6 rings (SSSR count). The Morgan fingerprint density at radius 1 is 0.951 bits per heavy atom. The maximum absolute atomic E-state index is 11.4. The molecule has 0 unspecified atom stereocenters. The van der Waals surface area contributed by atoms with E-state index in [0.717, 1.165) is 73.6 Å². The van der Waals surface area contributed by atoms with E-state index in [-0.39, 0.29) is 11.8 Å². The van der Waals surface area contributed by atoms with Crippen LogP contribution < -0.4 is 15.0 Å². The summed E-state index contributed by atoms with van der Waals surface area (Å²) in [4.78, 5) is 16.4. The number of carbonyl (C=O) groups is 1. The molecule has 2 N–H and O–H groups in total. The van der Waals surface area contributed by atoms with Gasteiger partial charge in [-0.3, -0.25) is 9.89 Å². The third kappa shape index (κ3) is 8.44. The van der Waals surface area contributed by atoms with Crippen molar-refractivity contribution >= 4 is 40.3 Å². The summed E-state index contributed by atoms with van der Waals surface area (Å²) < 4.78 is 5.02. The molecule has 0 bridgehead atoms. The van der Waals surface area contributed by atoms with Crippen molar-refractivity contribution in [3.8, 4) is 5.75 Å². The average Bonchev–Trinajstić information content (AvgIpc) is 3.82. The van der Waals surface area contributed by atoms with Crippen LogP contribution in [0.5, 0.6) is 5.75 Å².